The molecule has 4 rings (SSSR count). The van der Waals surface area contributed by atoms with Gasteiger partial charge in [-0.05, 0) is 55.5 Å². The predicted molar refractivity (Wildman–Crippen MR) is 119 cm³/mol. The summed E-state index contributed by atoms with van der Waals surface area (Å²) in [5, 5.41) is 5.99. The number of para-hydroxylation sites is 1. The average molecular weight is 406 g/mol. The van der Waals surface area contributed by atoms with E-state index in [1.807, 2.05) is 63.2 Å². The van der Waals surface area contributed by atoms with Gasteiger partial charge in [-0.3, -0.25) is 4.79 Å². The smallest absolute Gasteiger partial charge is 0.255 e. The number of anilines is 1. The highest BCUT2D eigenvalue weighted by molar-refractivity contribution is 8.16. The van der Waals surface area contributed by atoms with Gasteiger partial charge in [0, 0.05) is 11.4 Å². The number of carbonyl (C=O) groups excluding carboxylic acids is 1. The fourth-order valence-corrected chi connectivity index (χ4v) is 4.60. The van der Waals surface area contributed by atoms with E-state index in [-0.39, 0.29) is 11.9 Å². The summed E-state index contributed by atoms with van der Waals surface area (Å²) in [5.74, 6) is 0.659. The molecule has 0 bridgehead atoms. The Morgan fingerprint density at radius 3 is 2.62 bits per heavy atom. The van der Waals surface area contributed by atoms with Crippen molar-refractivity contribution in [2.75, 3.05) is 12.4 Å². The minimum atomic E-state index is -0.271. The van der Waals surface area contributed by atoms with Crippen LogP contribution in [0.5, 0.6) is 5.75 Å². The molecule has 1 amide bonds. The van der Waals surface area contributed by atoms with Crippen LogP contribution in [0.2, 0.25) is 0 Å². The number of ether oxygens (including phenoxy) is 1. The van der Waals surface area contributed by atoms with E-state index in [2.05, 4.69) is 21.7 Å². The number of hydrogen-bond acceptors (Lipinski definition) is 5. The number of allylic oxidation sites excluding steroid dienone is 2. The highest BCUT2D eigenvalue weighted by atomic mass is 32.2. The number of carbonyl (C=O) groups is 1. The zero-order chi connectivity index (χ0) is 20.5. The molecule has 5 nitrogen and oxygen atoms in total. The van der Waals surface area contributed by atoms with Crippen LogP contribution in [0.3, 0.4) is 0 Å². The first kappa shape index (κ1) is 19.3. The van der Waals surface area contributed by atoms with Crippen molar-refractivity contribution in [3.63, 3.8) is 0 Å². The highest BCUT2D eigenvalue weighted by Crippen LogP contribution is 2.44. The monoisotopic (exact) mass is 405 g/mol. The number of thioether (sulfide) groups is 1. The van der Waals surface area contributed by atoms with Crippen LogP contribution in [0.25, 0.3) is 0 Å². The lowest BCUT2D eigenvalue weighted by molar-refractivity contribution is -0.113. The molecule has 0 fully saturated rings. The molecule has 0 radical (unpaired) electrons. The van der Waals surface area contributed by atoms with Gasteiger partial charge in [0.1, 0.15) is 5.75 Å². The first-order valence-electron chi connectivity index (χ1n) is 9.42. The molecule has 2 aliphatic heterocycles. The first-order chi connectivity index (χ1) is 14.0. The van der Waals surface area contributed by atoms with Crippen LogP contribution in [0.4, 0.5) is 5.69 Å². The molecule has 1 atom stereocenters. The lowest BCUT2D eigenvalue weighted by Gasteiger charge is -2.36. The second-order valence-corrected chi connectivity index (χ2v) is 7.93. The van der Waals surface area contributed by atoms with E-state index in [0.29, 0.717) is 5.57 Å². The maximum Gasteiger partial charge on any atom is 0.255 e. The second kappa shape index (κ2) is 7.79. The van der Waals surface area contributed by atoms with Gasteiger partial charge in [-0.25, -0.2) is 4.99 Å². The van der Waals surface area contributed by atoms with E-state index in [0.717, 1.165) is 39.1 Å². The van der Waals surface area contributed by atoms with Crippen molar-refractivity contribution in [3.05, 3.63) is 82.0 Å². The molecule has 6 heteroatoms. The van der Waals surface area contributed by atoms with E-state index in [1.54, 1.807) is 18.9 Å². The number of hydrogen-bond donors (Lipinski definition) is 1. The van der Waals surface area contributed by atoms with Gasteiger partial charge in [-0.2, -0.15) is 0 Å². The van der Waals surface area contributed by atoms with Crippen molar-refractivity contribution >= 4 is 28.5 Å². The topological polar surface area (TPSA) is 53.9 Å². The Morgan fingerprint density at radius 1 is 1.14 bits per heavy atom. The summed E-state index contributed by atoms with van der Waals surface area (Å²) < 4.78 is 5.55. The van der Waals surface area contributed by atoms with E-state index < -0.39 is 0 Å². The van der Waals surface area contributed by atoms with E-state index >= 15 is 0 Å². The number of fused-ring (bicyclic) bond motifs is 1. The van der Waals surface area contributed by atoms with Crippen LogP contribution in [0.1, 0.15) is 31.0 Å². The van der Waals surface area contributed by atoms with Gasteiger partial charge in [0.15, 0.2) is 5.17 Å². The SMILES string of the molecule is COc1cc([C@H]2C(C(=O)Nc3ccccc3)=C(C)N=C3SC=C(C)N32)ccc1C. The number of rotatable bonds is 4. The Hall–Kier alpha value is -2.99. The summed E-state index contributed by atoms with van der Waals surface area (Å²) in [4.78, 5) is 20.2. The summed E-state index contributed by atoms with van der Waals surface area (Å²) in [6, 6.07) is 15.3. The summed E-state index contributed by atoms with van der Waals surface area (Å²) in [7, 11) is 1.67. The third-order valence-electron chi connectivity index (χ3n) is 5.13. The van der Waals surface area contributed by atoms with Crippen LogP contribution in [-0.4, -0.2) is 23.1 Å². The van der Waals surface area contributed by atoms with E-state index in [4.69, 9.17) is 9.73 Å². The second-order valence-electron chi connectivity index (χ2n) is 7.09. The number of benzene rings is 2. The fraction of sp³-hybridized carbons (Fsp3) is 0.217. The molecule has 0 spiro atoms. The van der Waals surface area contributed by atoms with Crippen molar-refractivity contribution < 1.29 is 9.53 Å². The number of methoxy groups -OCH3 is 1. The molecule has 0 aromatic heterocycles. The number of nitrogens with zero attached hydrogens (tertiary/aromatic N) is 2. The van der Waals surface area contributed by atoms with Gasteiger partial charge < -0.3 is 15.0 Å². The third kappa shape index (κ3) is 3.56. The molecule has 0 saturated carbocycles. The molecule has 2 heterocycles. The molecule has 148 valence electrons. The average Bonchev–Trinajstić information content (AvgIpc) is 3.08. The normalized spacial score (nSPS) is 18.2. The number of aliphatic imine (C=N–C) groups is 1. The Labute approximate surface area is 175 Å². The van der Waals surface area contributed by atoms with Crippen LogP contribution in [-0.2, 0) is 4.79 Å². The van der Waals surface area contributed by atoms with Crippen LogP contribution >= 0.6 is 11.8 Å². The molecule has 1 N–H and O–H groups in total. The predicted octanol–water partition coefficient (Wildman–Crippen LogP) is 5.24. The molecule has 0 unspecified atom stereocenters. The van der Waals surface area contributed by atoms with Gasteiger partial charge in [0.25, 0.3) is 5.91 Å². The zero-order valence-corrected chi connectivity index (χ0v) is 17.7. The van der Waals surface area contributed by atoms with Gasteiger partial charge in [0.2, 0.25) is 0 Å². The van der Waals surface area contributed by atoms with Gasteiger partial charge in [0.05, 0.1) is 24.4 Å². The lowest BCUT2D eigenvalue weighted by atomic mass is 9.92. The van der Waals surface area contributed by atoms with Gasteiger partial charge >= 0.3 is 0 Å². The largest absolute Gasteiger partial charge is 0.496 e. The van der Waals surface area contributed by atoms with Crippen molar-refractivity contribution in [1.29, 1.82) is 0 Å². The molecule has 0 saturated heterocycles. The Bertz CT molecular complexity index is 1060. The molecular formula is C23H23N3O2S. The Kier molecular flexibility index (Phi) is 5.20. The number of amides is 1. The molecular weight excluding hydrogens is 382 g/mol. The summed E-state index contributed by atoms with van der Waals surface area (Å²) in [6.45, 7) is 5.95. The van der Waals surface area contributed by atoms with Gasteiger partial charge in [-0.1, -0.05) is 42.1 Å². The number of aryl methyl sites for hydroxylation is 1. The van der Waals surface area contributed by atoms with Crippen molar-refractivity contribution in [3.8, 4) is 5.75 Å². The van der Waals surface area contributed by atoms with Crippen LogP contribution in [0, 0.1) is 6.92 Å². The molecule has 29 heavy (non-hydrogen) atoms. The van der Waals surface area contributed by atoms with Crippen molar-refractivity contribution in [1.82, 2.24) is 4.90 Å². The maximum atomic E-state index is 13.4. The summed E-state index contributed by atoms with van der Waals surface area (Å²) in [5.41, 5.74) is 5.24. The van der Waals surface area contributed by atoms with Crippen molar-refractivity contribution in [2.45, 2.75) is 26.8 Å². The van der Waals surface area contributed by atoms with Crippen LogP contribution < -0.4 is 10.1 Å². The standard InChI is InChI=1S/C23H23N3O2S/c1-14-10-11-17(12-19(14)28-4)21-20(22(27)25-18-8-6-5-7-9-18)16(3)24-23-26(21)15(2)13-29-23/h5-13,21H,1-4H3,(H,25,27)/t21-/m0/s1. The zero-order valence-electron chi connectivity index (χ0n) is 16.9. The van der Waals surface area contributed by atoms with Crippen LogP contribution in [0.15, 0.2) is 75.9 Å². The number of nitrogens with one attached hydrogen (secondary N) is 1. The highest BCUT2D eigenvalue weighted by Gasteiger charge is 2.39. The third-order valence-corrected chi connectivity index (χ3v) is 6.09. The molecule has 2 aromatic rings. The maximum absolute atomic E-state index is 13.4. The first-order valence-corrected chi connectivity index (χ1v) is 10.3. The molecule has 2 aliphatic rings. The molecule has 0 aliphatic carbocycles. The quantitative estimate of drug-likeness (QED) is 0.756. The van der Waals surface area contributed by atoms with Crippen molar-refractivity contribution in [2.24, 2.45) is 4.99 Å². The minimum Gasteiger partial charge on any atom is -0.496 e. The van der Waals surface area contributed by atoms with E-state index in [1.165, 1.54) is 0 Å². The van der Waals surface area contributed by atoms with Gasteiger partial charge in [-0.15, -0.1) is 0 Å². The fourth-order valence-electron chi connectivity index (χ4n) is 3.66. The minimum absolute atomic E-state index is 0.147. The number of amidine groups is 1. The Morgan fingerprint density at radius 2 is 1.90 bits per heavy atom. The van der Waals surface area contributed by atoms with E-state index in [9.17, 15) is 4.79 Å². The summed E-state index contributed by atoms with van der Waals surface area (Å²) >= 11 is 1.58. The lowest BCUT2D eigenvalue weighted by Crippen LogP contribution is -2.37. The molecule has 2 aromatic carbocycles. The summed E-state index contributed by atoms with van der Waals surface area (Å²) in [6.07, 6.45) is 0. The Balaban J connectivity index is 1.81.